The molecule has 10 heteroatoms. The lowest BCUT2D eigenvalue weighted by Crippen LogP contribution is -2.57. The van der Waals surface area contributed by atoms with Gasteiger partial charge < -0.3 is 16.2 Å². The number of carbonyl (C=O) groups is 2. The summed E-state index contributed by atoms with van der Waals surface area (Å²) in [6.45, 7) is 0. The van der Waals surface area contributed by atoms with Gasteiger partial charge in [0.15, 0.2) is 0 Å². The zero-order chi connectivity index (χ0) is 23.5. The fourth-order valence-electron chi connectivity index (χ4n) is 3.13. The number of hydrogen-bond donors (Lipinski definition) is 4. The highest BCUT2D eigenvalue weighted by Crippen LogP contribution is 2.38. The molecule has 5 N–H and O–H groups in total. The quantitative estimate of drug-likeness (QED) is 0.512. The van der Waals surface area contributed by atoms with Crippen LogP contribution < -0.4 is 16.4 Å². The molecule has 1 aliphatic carbocycles. The van der Waals surface area contributed by atoms with Crippen LogP contribution in [0.25, 0.3) is 0 Å². The lowest BCUT2D eigenvalue weighted by atomic mass is 9.86. The molecule has 3 rings (SSSR count). The van der Waals surface area contributed by atoms with Crippen LogP contribution in [0.1, 0.15) is 15.9 Å². The number of allylic oxidation sites excluding steroid dienone is 2. The predicted octanol–water partition coefficient (Wildman–Crippen LogP) is 3.48. The number of nitrogens with one attached hydrogen (secondary N) is 2. The van der Waals surface area contributed by atoms with Gasteiger partial charge in [0, 0.05) is 5.69 Å². The molecule has 0 spiro atoms. The highest BCUT2D eigenvalue weighted by molar-refractivity contribution is 7.80. The maximum absolute atomic E-state index is 15.4. The van der Waals surface area contributed by atoms with Crippen LogP contribution in [0.4, 0.5) is 23.7 Å². The van der Waals surface area contributed by atoms with E-state index in [0.29, 0.717) is 17.3 Å². The molecule has 32 heavy (non-hydrogen) atoms. The van der Waals surface area contributed by atoms with E-state index in [4.69, 9.17) is 18.0 Å². The Morgan fingerprint density at radius 3 is 2.44 bits per heavy atom. The number of benzene rings is 2. The van der Waals surface area contributed by atoms with Gasteiger partial charge in [0.25, 0.3) is 11.8 Å². The van der Waals surface area contributed by atoms with Crippen molar-refractivity contribution in [3.05, 3.63) is 89.3 Å². The van der Waals surface area contributed by atoms with E-state index in [0.717, 1.165) is 18.2 Å². The van der Waals surface area contributed by atoms with Gasteiger partial charge in [0.1, 0.15) is 10.8 Å². The first-order chi connectivity index (χ1) is 15.0. The summed E-state index contributed by atoms with van der Waals surface area (Å²) in [5.74, 6) is -4.90. The summed E-state index contributed by atoms with van der Waals surface area (Å²) >= 11 is 4.72. The van der Waals surface area contributed by atoms with Crippen molar-refractivity contribution in [3.8, 4) is 0 Å². The summed E-state index contributed by atoms with van der Waals surface area (Å²) in [6, 6.07) is 10.7. The maximum atomic E-state index is 15.4. The minimum absolute atomic E-state index is 0.00877. The molecule has 2 aromatic carbocycles. The van der Waals surface area contributed by atoms with Crippen molar-refractivity contribution in [1.29, 1.82) is 0 Å². The van der Waals surface area contributed by atoms with E-state index in [2.05, 4.69) is 5.32 Å². The zero-order valence-electron chi connectivity index (χ0n) is 16.4. The van der Waals surface area contributed by atoms with E-state index in [1.54, 1.807) is 29.6 Å². The van der Waals surface area contributed by atoms with E-state index in [-0.39, 0.29) is 17.6 Å². The molecule has 166 valence electrons. The topological polar surface area (TPSA) is 104 Å². The van der Waals surface area contributed by atoms with Gasteiger partial charge in [-0.15, -0.1) is 0 Å². The average molecular weight is 461 g/mol. The molecule has 0 bridgehead atoms. The Bertz CT molecular complexity index is 1150. The number of amides is 3. The fourth-order valence-corrected chi connectivity index (χ4v) is 3.44. The second-order valence-corrected chi connectivity index (χ2v) is 7.43. The first-order valence-electron chi connectivity index (χ1n) is 9.29. The highest BCUT2D eigenvalue weighted by atomic mass is 32.1. The summed E-state index contributed by atoms with van der Waals surface area (Å²) in [5.41, 5.74) is 2.50. The molecule has 0 fully saturated rings. The monoisotopic (exact) mass is 461 g/mol. The smallest absolute Gasteiger partial charge is 0.317 e. The van der Waals surface area contributed by atoms with Gasteiger partial charge in [-0.1, -0.05) is 48.6 Å². The van der Waals surface area contributed by atoms with E-state index >= 15 is 4.39 Å². The molecule has 0 saturated carbocycles. The number of rotatable bonds is 5. The number of thiocarbonyl (C=S) groups is 1. The van der Waals surface area contributed by atoms with Crippen LogP contribution >= 0.6 is 12.2 Å². The van der Waals surface area contributed by atoms with Crippen LogP contribution in [-0.2, 0) is 6.42 Å². The van der Waals surface area contributed by atoms with Gasteiger partial charge in [0.05, 0.1) is 5.56 Å². The molecular weight excluding hydrogens is 443 g/mol. The van der Waals surface area contributed by atoms with Crippen molar-refractivity contribution in [2.75, 3.05) is 5.32 Å². The van der Waals surface area contributed by atoms with Crippen molar-refractivity contribution >= 4 is 34.8 Å². The minimum atomic E-state index is -3.52. The lowest BCUT2D eigenvalue weighted by Gasteiger charge is -2.34. The average Bonchev–Trinajstić information content (AvgIpc) is 2.72. The van der Waals surface area contributed by atoms with Crippen molar-refractivity contribution in [2.45, 2.75) is 17.9 Å². The molecule has 3 amide bonds. The Balaban J connectivity index is 1.88. The molecule has 6 nitrogen and oxygen atoms in total. The highest BCUT2D eigenvalue weighted by Gasteiger charge is 2.55. The summed E-state index contributed by atoms with van der Waals surface area (Å²) in [4.78, 5) is 22.5. The third kappa shape index (κ3) is 4.71. The zero-order valence-corrected chi connectivity index (χ0v) is 17.3. The lowest BCUT2D eigenvalue weighted by molar-refractivity contribution is -0.111. The molecule has 2 aromatic rings. The van der Waals surface area contributed by atoms with Crippen LogP contribution in [0.15, 0.2) is 72.3 Å². The van der Waals surface area contributed by atoms with Crippen molar-refractivity contribution < 1.29 is 27.9 Å². The number of carbonyl (C=O) groups excluding carboxylic acids is 2. The molecule has 2 unspecified atom stereocenters. The number of hydrogen-bond acceptors (Lipinski definition) is 4. The van der Waals surface area contributed by atoms with E-state index in [9.17, 15) is 23.5 Å². The number of primary amides is 1. The molecule has 0 aromatic heterocycles. The maximum Gasteiger partial charge on any atom is 0.317 e. The largest absolute Gasteiger partial charge is 0.356 e. The molecular formula is C22H18F3N3O3S. The van der Waals surface area contributed by atoms with Gasteiger partial charge in [-0.25, -0.2) is 18.0 Å². The standard InChI is InChI=1S/C22H18F3N3O3S/c23-16-7-3-2-6-15(16)18(29)27-17-8-4-1-5-14(17)11-13-9-10-22(25,31)21(24,12-13)19(32)28-20(26)30/h1-10,12,31H,11H2,(H,27,29)(H3,26,28,30,32). The van der Waals surface area contributed by atoms with Crippen molar-refractivity contribution in [1.82, 2.24) is 5.32 Å². The van der Waals surface area contributed by atoms with Crippen molar-refractivity contribution in [2.24, 2.45) is 5.73 Å². The van der Waals surface area contributed by atoms with E-state index < -0.39 is 34.3 Å². The molecule has 0 radical (unpaired) electrons. The summed E-state index contributed by atoms with van der Waals surface area (Å²) in [5, 5.41) is 14.2. The van der Waals surface area contributed by atoms with Gasteiger partial charge in [-0.3, -0.25) is 10.1 Å². The number of anilines is 1. The van der Waals surface area contributed by atoms with Crippen LogP contribution in [0, 0.1) is 5.82 Å². The summed E-state index contributed by atoms with van der Waals surface area (Å²) < 4.78 is 43.8. The van der Waals surface area contributed by atoms with Gasteiger partial charge >= 0.3 is 6.03 Å². The van der Waals surface area contributed by atoms with E-state index in [1.165, 1.54) is 18.2 Å². The number of alkyl halides is 2. The molecule has 0 saturated heterocycles. The molecule has 1 aliphatic rings. The summed E-state index contributed by atoms with van der Waals surface area (Å²) in [7, 11) is 0. The molecule has 0 heterocycles. The second-order valence-electron chi connectivity index (χ2n) is 7.02. The number of nitrogens with two attached hydrogens (primary N) is 1. The van der Waals surface area contributed by atoms with Gasteiger partial charge in [-0.2, -0.15) is 0 Å². The Kier molecular flexibility index (Phi) is 6.47. The van der Waals surface area contributed by atoms with Crippen LogP contribution in [0.3, 0.4) is 0 Å². The van der Waals surface area contributed by atoms with E-state index in [1.807, 2.05) is 0 Å². The third-order valence-corrected chi connectivity index (χ3v) is 5.16. The SMILES string of the molecule is NC(=O)NC(=S)C1(F)C=C(Cc2ccccc2NC(=O)c2ccccc2F)C=CC1(O)F. The number of halogens is 3. The Hall–Kier alpha value is -3.50. The normalized spacial score (nSPS) is 22.1. The number of urea groups is 1. The number of aliphatic hydroxyl groups is 1. The third-order valence-electron chi connectivity index (χ3n) is 4.76. The summed E-state index contributed by atoms with van der Waals surface area (Å²) in [6.07, 6.45) is 2.45. The Morgan fingerprint density at radius 1 is 1.09 bits per heavy atom. The minimum Gasteiger partial charge on any atom is -0.356 e. The molecule has 2 atom stereocenters. The number of para-hydroxylation sites is 1. The van der Waals surface area contributed by atoms with Gasteiger partial charge in [-0.05, 0) is 47.9 Å². The second kappa shape index (κ2) is 8.93. The first-order valence-corrected chi connectivity index (χ1v) is 9.70. The van der Waals surface area contributed by atoms with Crippen molar-refractivity contribution in [3.63, 3.8) is 0 Å². The van der Waals surface area contributed by atoms with Crippen LogP contribution in [0.2, 0.25) is 0 Å². The molecule has 0 aliphatic heterocycles. The van der Waals surface area contributed by atoms with Gasteiger partial charge in [0.2, 0.25) is 5.67 Å². The van der Waals surface area contributed by atoms with Crippen LogP contribution in [0.5, 0.6) is 0 Å². The van der Waals surface area contributed by atoms with Crippen LogP contribution in [-0.4, -0.2) is 33.6 Å². The predicted molar refractivity (Wildman–Crippen MR) is 117 cm³/mol. The Labute approximate surface area is 186 Å². The first kappa shape index (κ1) is 23.2. The Morgan fingerprint density at radius 2 is 1.75 bits per heavy atom. The fraction of sp³-hybridized carbons (Fsp3) is 0.136.